The molecule has 0 spiro atoms. The number of nitriles is 1. The van der Waals surface area contributed by atoms with Gasteiger partial charge in [-0.2, -0.15) is 5.26 Å². The van der Waals surface area contributed by atoms with Gasteiger partial charge < -0.3 is 9.84 Å². The van der Waals surface area contributed by atoms with Crippen LogP contribution in [0.5, 0.6) is 5.88 Å². The fourth-order valence-electron chi connectivity index (χ4n) is 3.65. The third kappa shape index (κ3) is 3.96. The Labute approximate surface area is 170 Å². The number of hydrogen-bond donors (Lipinski definition) is 1. The monoisotopic (exact) mass is 394 g/mol. The van der Waals surface area contributed by atoms with E-state index in [-0.39, 0.29) is 34.8 Å². The lowest BCUT2D eigenvalue weighted by atomic mass is 9.86. The molecule has 1 aliphatic heterocycles. The van der Waals surface area contributed by atoms with Crippen LogP contribution in [0.25, 0.3) is 0 Å². The number of pyridine rings is 1. The van der Waals surface area contributed by atoms with Gasteiger partial charge in [0.05, 0.1) is 18.2 Å². The Hall–Kier alpha value is -2.91. The van der Waals surface area contributed by atoms with Gasteiger partial charge in [0.2, 0.25) is 5.88 Å². The SMILES string of the molecule is Cc1c(C(=O)c2ccc(C(C)(C)C)cc2)c(O)n(CC2CCCO2)c(=O)c1C#N. The van der Waals surface area contributed by atoms with Gasteiger partial charge in [-0.05, 0) is 36.3 Å². The maximum absolute atomic E-state index is 13.2. The van der Waals surface area contributed by atoms with E-state index in [1.54, 1.807) is 12.1 Å². The van der Waals surface area contributed by atoms with Crippen molar-refractivity contribution >= 4 is 5.78 Å². The summed E-state index contributed by atoms with van der Waals surface area (Å²) in [5.41, 5.74) is 0.875. The van der Waals surface area contributed by atoms with Crippen LogP contribution in [0.15, 0.2) is 29.1 Å². The van der Waals surface area contributed by atoms with Gasteiger partial charge in [-0.15, -0.1) is 0 Å². The highest BCUT2D eigenvalue weighted by Crippen LogP contribution is 2.28. The highest BCUT2D eigenvalue weighted by molar-refractivity contribution is 6.11. The fraction of sp³-hybridized carbons (Fsp3) is 0.435. The fourth-order valence-corrected chi connectivity index (χ4v) is 3.65. The highest BCUT2D eigenvalue weighted by Gasteiger charge is 2.27. The van der Waals surface area contributed by atoms with Crippen LogP contribution < -0.4 is 5.56 Å². The van der Waals surface area contributed by atoms with Gasteiger partial charge in [0.25, 0.3) is 5.56 Å². The topological polar surface area (TPSA) is 92.3 Å². The quantitative estimate of drug-likeness (QED) is 0.802. The Morgan fingerprint density at radius 3 is 2.48 bits per heavy atom. The minimum absolute atomic E-state index is 0.0114. The molecule has 1 aromatic carbocycles. The van der Waals surface area contributed by atoms with E-state index in [1.165, 1.54) is 6.92 Å². The van der Waals surface area contributed by atoms with E-state index < -0.39 is 17.2 Å². The van der Waals surface area contributed by atoms with Gasteiger partial charge in [-0.3, -0.25) is 14.2 Å². The zero-order valence-electron chi connectivity index (χ0n) is 17.3. The predicted molar refractivity (Wildman–Crippen MR) is 109 cm³/mol. The molecule has 29 heavy (non-hydrogen) atoms. The zero-order valence-corrected chi connectivity index (χ0v) is 17.3. The molecule has 1 aromatic heterocycles. The molecule has 0 saturated carbocycles. The maximum atomic E-state index is 13.2. The molecule has 0 amide bonds. The van der Waals surface area contributed by atoms with Crippen molar-refractivity contribution in [3.05, 3.63) is 62.4 Å². The first-order valence-electron chi connectivity index (χ1n) is 9.78. The van der Waals surface area contributed by atoms with Gasteiger partial charge in [0.15, 0.2) is 5.78 Å². The standard InChI is InChI=1S/C23H26N2O4/c1-14-18(12-24)21(27)25(13-17-6-5-11-29-17)22(28)19(14)20(26)15-7-9-16(10-8-15)23(2,3)4/h7-10,17,28H,5-6,11,13H2,1-4H3. The van der Waals surface area contributed by atoms with Crippen LogP contribution in [0.4, 0.5) is 0 Å². The van der Waals surface area contributed by atoms with Crippen LogP contribution in [0.3, 0.4) is 0 Å². The Bertz CT molecular complexity index is 1030. The lowest BCUT2D eigenvalue weighted by Gasteiger charge is -2.20. The van der Waals surface area contributed by atoms with Crippen molar-refractivity contribution in [3.8, 4) is 11.9 Å². The molecule has 2 heterocycles. The molecule has 3 rings (SSSR count). The second kappa shape index (κ2) is 7.84. The molecular formula is C23H26N2O4. The number of carbonyl (C=O) groups excluding carboxylic acids is 1. The first-order chi connectivity index (χ1) is 13.6. The van der Waals surface area contributed by atoms with Crippen LogP contribution in [0, 0.1) is 18.3 Å². The average molecular weight is 394 g/mol. The molecule has 2 aromatic rings. The predicted octanol–water partition coefficient (Wildman–Crippen LogP) is 3.44. The first-order valence-corrected chi connectivity index (χ1v) is 9.78. The van der Waals surface area contributed by atoms with Crippen LogP contribution in [0.1, 0.15) is 66.2 Å². The van der Waals surface area contributed by atoms with E-state index in [0.29, 0.717) is 12.2 Å². The number of nitrogens with zero attached hydrogens (tertiary/aromatic N) is 2. The number of benzene rings is 1. The van der Waals surface area contributed by atoms with E-state index >= 15 is 0 Å². The van der Waals surface area contributed by atoms with E-state index in [1.807, 2.05) is 18.2 Å². The smallest absolute Gasteiger partial charge is 0.271 e. The van der Waals surface area contributed by atoms with Crippen molar-refractivity contribution < 1.29 is 14.6 Å². The number of carbonyl (C=O) groups is 1. The summed E-state index contributed by atoms with van der Waals surface area (Å²) in [5.74, 6) is -0.829. The molecule has 0 bridgehead atoms. The second-order valence-corrected chi connectivity index (χ2v) is 8.52. The summed E-state index contributed by atoms with van der Waals surface area (Å²) in [7, 11) is 0. The number of aromatic hydroxyl groups is 1. The van der Waals surface area contributed by atoms with Crippen LogP contribution in [0.2, 0.25) is 0 Å². The molecule has 1 N–H and O–H groups in total. The summed E-state index contributed by atoms with van der Waals surface area (Å²) >= 11 is 0. The lowest BCUT2D eigenvalue weighted by Crippen LogP contribution is -2.30. The Morgan fingerprint density at radius 1 is 1.31 bits per heavy atom. The summed E-state index contributed by atoms with van der Waals surface area (Å²) in [5, 5.41) is 20.3. The number of hydrogen-bond acceptors (Lipinski definition) is 5. The number of ether oxygens (including phenoxy) is 1. The van der Waals surface area contributed by atoms with Gasteiger partial charge in [0.1, 0.15) is 11.6 Å². The Balaban J connectivity index is 2.09. The molecule has 1 aliphatic rings. The third-order valence-corrected chi connectivity index (χ3v) is 5.45. The van der Waals surface area contributed by atoms with Crippen LogP contribution >= 0.6 is 0 Å². The van der Waals surface area contributed by atoms with Crippen molar-refractivity contribution in [1.82, 2.24) is 4.57 Å². The number of ketones is 1. The molecule has 1 unspecified atom stereocenters. The van der Waals surface area contributed by atoms with Crippen molar-refractivity contribution in [1.29, 1.82) is 5.26 Å². The number of rotatable bonds is 4. The summed E-state index contributed by atoms with van der Waals surface area (Å²) in [6.45, 7) is 8.48. The minimum atomic E-state index is -0.599. The molecular weight excluding hydrogens is 368 g/mol. The molecule has 6 nitrogen and oxygen atoms in total. The van der Waals surface area contributed by atoms with Crippen molar-refractivity contribution in [2.45, 2.75) is 58.6 Å². The van der Waals surface area contributed by atoms with Gasteiger partial charge in [-0.25, -0.2) is 0 Å². The van der Waals surface area contributed by atoms with Crippen LogP contribution in [-0.4, -0.2) is 28.2 Å². The van der Waals surface area contributed by atoms with Gasteiger partial charge >= 0.3 is 0 Å². The summed E-state index contributed by atoms with van der Waals surface area (Å²) in [6.07, 6.45) is 1.42. The molecule has 0 aliphatic carbocycles. The minimum Gasteiger partial charge on any atom is -0.494 e. The zero-order chi connectivity index (χ0) is 21.3. The normalized spacial score (nSPS) is 16.6. The second-order valence-electron chi connectivity index (χ2n) is 8.52. The van der Waals surface area contributed by atoms with E-state index in [0.717, 1.165) is 23.0 Å². The summed E-state index contributed by atoms with van der Waals surface area (Å²) < 4.78 is 6.66. The summed E-state index contributed by atoms with van der Waals surface area (Å²) in [6, 6.07) is 9.08. The lowest BCUT2D eigenvalue weighted by molar-refractivity contribution is 0.0929. The highest BCUT2D eigenvalue weighted by atomic mass is 16.5. The molecule has 6 heteroatoms. The van der Waals surface area contributed by atoms with Crippen molar-refractivity contribution in [3.63, 3.8) is 0 Å². The van der Waals surface area contributed by atoms with E-state index in [9.17, 15) is 20.0 Å². The molecule has 1 saturated heterocycles. The Kier molecular flexibility index (Phi) is 5.63. The van der Waals surface area contributed by atoms with E-state index in [4.69, 9.17) is 4.74 Å². The van der Waals surface area contributed by atoms with Gasteiger partial charge in [-0.1, -0.05) is 45.0 Å². The van der Waals surface area contributed by atoms with Gasteiger partial charge in [0, 0.05) is 12.2 Å². The molecule has 1 atom stereocenters. The molecule has 152 valence electrons. The molecule has 0 radical (unpaired) electrons. The van der Waals surface area contributed by atoms with Crippen molar-refractivity contribution in [2.24, 2.45) is 0 Å². The number of aromatic nitrogens is 1. The molecule has 1 fully saturated rings. The maximum Gasteiger partial charge on any atom is 0.271 e. The van der Waals surface area contributed by atoms with E-state index in [2.05, 4.69) is 20.8 Å². The largest absolute Gasteiger partial charge is 0.494 e. The Morgan fingerprint density at radius 2 is 1.97 bits per heavy atom. The van der Waals surface area contributed by atoms with Crippen LogP contribution in [-0.2, 0) is 16.7 Å². The third-order valence-electron chi connectivity index (χ3n) is 5.45. The van der Waals surface area contributed by atoms with Crippen molar-refractivity contribution in [2.75, 3.05) is 6.61 Å². The summed E-state index contributed by atoms with van der Waals surface area (Å²) in [4.78, 5) is 25.9. The first kappa shape index (κ1) is 20.8. The average Bonchev–Trinajstić information content (AvgIpc) is 3.18.